The summed E-state index contributed by atoms with van der Waals surface area (Å²) in [5, 5.41) is 3.23. The summed E-state index contributed by atoms with van der Waals surface area (Å²) in [6.07, 6.45) is 1.70. The van der Waals surface area contributed by atoms with Gasteiger partial charge in [0, 0.05) is 18.3 Å². The molecule has 0 spiro atoms. The Bertz CT molecular complexity index is 511. The molecule has 0 fully saturated rings. The molecule has 0 atom stereocenters. The first kappa shape index (κ1) is 11.5. The lowest BCUT2D eigenvalue weighted by molar-refractivity contribution is 1.11. The standard InChI is InChI=1S/C13H13N3S/c14-13(17)11-6-7-15-12(8-11)16-9-10-4-2-1-3-5-10/h1-8H,9H2,(H2,14,17)(H,15,16). The predicted octanol–water partition coefficient (Wildman–Crippen LogP) is 2.33. The van der Waals surface area contributed by atoms with Gasteiger partial charge in [0.05, 0.1) is 0 Å². The summed E-state index contributed by atoms with van der Waals surface area (Å²) in [7, 11) is 0. The molecule has 1 aromatic heterocycles. The Hall–Kier alpha value is -1.94. The number of benzene rings is 1. The van der Waals surface area contributed by atoms with Gasteiger partial charge >= 0.3 is 0 Å². The van der Waals surface area contributed by atoms with Gasteiger partial charge in [-0.3, -0.25) is 0 Å². The maximum absolute atomic E-state index is 5.57. The highest BCUT2D eigenvalue weighted by Gasteiger charge is 1.99. The molecule has 2 aromatic rings. The second kappa shape index (κ2) is 5.41. The van der Waals surface area contributed by atoms with Gasteiger partial charge in [0.25, 0.3) is 0 Å². The van der Waals surface area contributed by atoms with E-state index in [4.69, 9.17) is 18.0 Å². The van der Waals surface area contributed by atoms with Crippen molar-refractivity contribution >= 4 is 23.0 Å². The fourth-order valence-corrected chi connectivity index (χ4v) is 1.60. The normalized spacial score (nSPS) is 9.88. The lowest BCUT2D eigenvalue weighted by atomic mass is 10.2. The minimum Gasteiger partial charge on any atom is -0.389 e. The van der Waals surface area contributed by atoms with Crippen LogP contribution in [0.5, 0.6) is 0 Å². The number of thiocarbonyl (C=S) groups is 1. The molecule has 0 aliphatic heterocycles. The van der Waals surface area contributed by atoms with Crippen molar-refractivity contribution in [3.05, 3.63) is 59.8 Å². The number of aromatic nitrogens is 1. The highest BCUT2D eigenvalue weighted by molar-refractivity contribution is 7.80. The van der Waals surface area contributed by atoms with Crippen LogP contribution < -0.4 is 11.1 Å². The molecule has 0 unspecified atom stereocenters. The van der Waals surface area contributed by atoms with Crippen LogP contribution in [0.1, 0.15) is 11.1 Å². The Morgan fingerprint density at radius 1 is 1.24 bits per heavy atom. The van der Waals surface area contributed by atoms with Crippen LogP contribution in [0, 0.1) is 0 Å². The van der Waals surface area contributed by atoms with Crippen molar-refractivity contribution in [2.75, 3.05) is 5.32 Å². The molecule has 1 aromatic carbocycles. The van der Waals surface area contributed by atoms with Gasteiger partial charge in [0.2, 0.25) is 0 Å². The molecule has 17 heavy (non-hydrogen) atoms. The van der Waals surface area contributed by atoms with Gasteiger partial charge in [0.1, 0.15) is 10.8 Å². The number of rotatable bonds is 4. The number of nitrogens with one attached hydrogen (secondary N) is 1. The van der Waals surface area contributed by atoms with Crippen molar-refractivity contribution in [3.63, 3.8) is 0 Å². The topological polar surface area (TPSA) is 50.9 Å². The molecule has 0 amide bonds. The molecule has 0 bridgehead atoms. The Morgan fingerprint density at radius 3 is 2.71 bits per heavy atom. The van der Waals surface area contributed by atoms with E-state index in [-0.39, 0.29) is 0 Å². The molecule has 0 saturated carbocycles. The van der Waals surface area contributed by atoms with Crippen molar-refractivity contribution in [2.24, 2.45) is 5.73 Å². The van der Waals surface area contributed by atoms with Crippen LogP contribution in [-0.4, -0.2) is 9.97 Å². The van der Waals surface area contributed by atoms with E-state index in [0.717, 1.165) is 17.9 Å². The Morgan fingerprint density at radius 2 is 2.00 bits per heavy atom. The quantitative estimate of drug-likeness (QED) is 0.809. The van der Waals surface area contributed by atoms with Gasteiger partial charge in [0.15, 0.2) is 0 Å². The van der Waals surface area contributed by atoms with Crippen molar-refractivity contribution in [2.45, 2.75) is 6.54 Å². The summed E-state index contributed by atoms with van der Waals surface area (Å²) in [5.41, 5.74) is 7.59. The zero-order valence-corrected chi connectivity index (χ0v) is 10.1. The van der Waals surface area contributed by atoms with E-state index < -0.39 is 0 Å². The smallest absolute Gasteiger partial charge is 0.126 e. The van der Waals surface area contributed by atoms with E-state index in [2.05, 4.69) is 22.4 Å². The van der Waals surface area contributed by atoms with E-state index in [1.807, 2.05) is 24.3 Å². The van der Waals surface area contributed by atoms with Crippen molar-refractivity contribution in [3.8, 4) is 0 Å². The zero-order chi connectivity index (χ0) is 12.1. The van der Waals surface area contributed by atoms with Crippen LogP contribution >= 0.6 is 12.2 Å². The fourth-order valence-electron chi connectivity index (χ4n) is 1.47. The summed E-state index contributed by atoms with van der Waals surface area (Å²) in [6, 6.07) is 13.8. The lowest BCUT2D eigenvalue weighted by Gasteiger charge is -2.06. The third kappa shape index (κ3) is 3.26. The van der Waals surface area contributed by atoms with Crippen LogP contribution in [0.15, 0.2) is 48.7 Å². The van der Waals surface area contributed by atoms with Crippen LogP contribution in [0.25, 0.3) is 0 Å². The molecule has 1 heterocycles. The fraction of sp³-hybridized carbons (Fsp3) is 0.0769. The molecule has 0 radical (unpaired) electrons. The average molecular weight is 243 g/mol. The largest absolute Gasteiger partial charge is 0.389 e. The maximum Gasteiger partial charge on any atom is 0.126 e. The monoisotopic (exact) mass is 243 g/mol. The third-order valence-electron chi connectivity index (χ3n) is 2.36. The molecular formula is C13H13N3S. The summed E-state index contributed by atoms with van der Waals surface area (Å²) in [6.45, 7) is 0.731. The van der Waals surface area contributed by atoms with Gasteiger partial charge in [-0.1, -0.05) is 42.5 Å². The minimum atomic E-state index is 0.384. The number of hydrogen-bond donors (Lipinski definition) is 2. The van der Waals surface area contributed by atoms with Gasteiger partial charge < -0.3 is 11.1 Å². The first-order valence-corrected chi connectivity index (χ1v) is 5.70. The number of nitrogens with two attached hydrogens (primary N) is 1. The van der Waals surface area contributed by atoms with Gasteiger partial charge in [-0.25, -0.2) is 4.98 Å². The second-order valence-corrected chi connectivity index (χ2v) is 4.07. The van der Waals surface area contributed by atoms with E-state index in [1.54, 1.807) is 12.3 Å². The number of anilines is 1. The van der Waals surface area contributed by atoms with E-state index >= 15 is 0 Å². The third-order valence-corrected chi connectivity index (χ3v) is 2.60. The van der Waals surface area contributed by atoms with E-state index in [0.29, 0.717) is 4.99 Å². The maximum atomic E-state index is 5.57. The predicted molar refractivity (Wildman–Crippen MR) is 73.9 cm³/mol. The molecule has 3 N–H and O–H groups in total. The first-order chi connectivity index (χ1) is 8.25. The average Bonchev–Trinajstić information content (AvgIpc) is 2.38. The first-order valence-electron chi connectivity index (χ1n) is 5.29. The van der Waals surface area contributed by atoms with Gasteiger partial charge in [-0.15, -0.1) is 0 Å². The Balaban J connectivity index is 2.04. The molecule has 0 aliphatic carbocycles. The SMILES string of the molecule is NC(=S)c1ccnc(NCc2ccccc2)c1. The Labute approximate surface area is 106 Å². The summed E-state index contributed by atoms with van der Waals surface area (Å²) < 4.78 is 0. The van der Waals surface area contributed by atoms with Gasteiger partial charge in [-0.05, 0) is 17.7 Å². The van der Waals surface area contributed by atoms with E-state index in [9.17, 15) is 0 Å². The molecule has 3 nitrogen and oxygen atoms in total. The number of hydrogen-bond acceptors (Lipinski definition) is 3. The van der Waals surface area contributed by atoms with Crippen molar-refractivity contribution in [1.82, 2.24) is 4.98 Å². The zero-order valence-electron chi connectivity index (χ0n) is 9.26. The summed E-state index contributed by atoms with van der Waals surface area (Å²) in [4.78, 5) is 4.59. The highest BCUT2D eigenvalue weighted by Crippen LogP contribution is 2.08. The van der Waals surface area contributed by atoms with Crippen LogP contribution in [0.4, 0.5) is 5.82 Å². The van der Waals surface area contributed by atoms with Gasteiger partial charge in [-0.2, -0.15) is 0 Å². The molecule has 4 heteroatoms. The van der Waals surface area contributed by atoms with Crippen LogP contribution in [-0.2, 0) is 6.54 Å². The molecule has 86 valence electrons. The van der Waals surface area contributed by atoms with Crippen LogP contribution in [0.3, 0.4) is 0 Å². The van der Waals surface area contributed by atoms with Crippen LogP contribution in [0.2, 0.25) is 0 Å². The number of nitrogens with zero attached hydrogens (tertiary/aromatic N) is 1. The van der Waals surface area contributed by atoms with Crippen molar-refractivity contribution in [1.29, 1.82) is 0 Å². The lowest BCUT2D eigenvalue weighted by Crippen LogP contribution is -2.10. The van der Waals surface area contributed by atoms with E-state index in [1.165, 1.54) is 5.56 Å². The van der Waals surface area contributed by atoms with Crippen molar-refractivity contribution < 1.29 is 0 Å². The highest BCUT2D eigenvalue weighted by atomic mass is 32.1. The number of pyridine rings is 1. The Kier molecular flexibility index (Phi) is 3.67. The summed E-state index contributed by atoms with van der Waals surface area (Å²) in [5.74, 6) is 0.777. The molecule has 0 saturated heterocycles. The molecule has 2 rings (SSSR count). The minimum absolute atomic E-state index is 0.384. The second-order valence-electron chi connectivity index (χ2n) is 3.63. The molecular weight excluding hydrogens is 230 g/mol. The molecule has 0 aliphatic rings. The summed E-state index contributed by atoms with van der Waals surface area (Å²) >= 11 is 4.92.